The third-order valence-electron chi connectivity index (χ3n) is 4.82. The van der Waals surface area contributed by atoms with Crippen LogP contribution in [0.15, 0.2) is 4.99 Å². The van der Waals surface area contributed by atoms with Crippen molar-refractivity contribution in [3.8, 4) is 0 Å². The van der Waals surface area contributed by atoms with E-state index in [0.717, 1.165) is 56.3 Å². The molecule has 1 atom stereocenters. The second-order valence-electron chi connectivity index (χ2n) is 7.11. The summed E-state index contributed by atoms with van der Waals surface area (Å²) in [6.45, 7) is 5.60. The van der Waals surface area contributed by atoms with E-state index in [1.165, 1.54) is 0 Å². The maximum absolute atomic E-state index is 10.2. The molecule has 0 radical (unpaired) electrons. The van der Waals surface area contributed by atoms with Gasteiger partial charge in [-0.05, 0) is 25.7 Å². The second-order valence-corrected chi connectivity index (χ2v) is 7.11. The summed E-state index contributed by atoms with van der Waals surface area (Å²) in [5.74, 6) is 3.12. The number of nitrogens with zero attached hydrogens (tertiary/aromatic N) is 4. The number of aliphatic hydroxyl groups is 1. The van der Waals surface area contributed by atoms with Crippen molar-refractivity contribution in [2.75, 3.05) is 13.6 Å². The first kappa shape index (κ1) is 16.2. The number of aliphatic imine (C=N–C) groups is 1. The third kappa shape index (κ3) is 3.65. The molecule has 7 heteroatoms. The van der Waals surface area contributed by atoms with Crippen LogP contribution >= 0.6 is 0 Å². The summed E-state index contributed by atoms with van der Waals surface area (Å²) in [6, 6.07) is 0.284. The molecule has 2 heterocycles. The number of fused-ring (bicyclic) bond motifs is 1. The summed E-state index contributed by atoms with van der Waals surface area (Å²) in [5, 5.41) is 21.5. The van der Waals surface area contributed by atoms with Gasteiger partial charge in [-0.25, -0.2) is 9.67 Å². The van der Waals surface area contributed by atoms with Gasteiger partial charge >= 0.3 is 0 Å². The Hall–Kier alpha value is -1.63. The zero-order chi connectivity index (χ0) is 16.4. The van der Waals surface area contributed by atoms with E-state index in [0.29, 0.717) is 12.5 Å². The first-order chi connectivity index (χ1) is 11.0. The standard InChI is InChI=1S/C16H28N6O/c1-11(2)14-20-13-6-5-12(9-22(13)21-14)19-15(17-3)18-10-16(23)7-4-8-16/h11-12,23H,4-10H2,1-3H3,(H2,17,18,19). The Bertz CT molecular complexity index is 575. The minimum atomic E-state index is -0.546. The van der Waals surface area contributed by atoms with E-state index >= 15 is 0 Å². The molecule has 0 saturated heterocycles. The van der Waals surface area contributed by atoms with E-state index in [1.807, 2.05) is 4.68 Å². The molecule has 7 nitrogen and oxygen atoms in total. The number of guanidine groups is 1. The molecule has 1 unspecified atom stereocenters. The Morgan fingerprint density at radius 2 is 2.26 bits per heavy atom. The molecule has 1 fully saturated rings. The summed E-state index contributed by atoms with van der Waals surface area (Å²) in [5.41, 5.74) is -0.546. The van der Waals surface area contributed by atoms with Crippen LogP contribution in [0.4, 0.5) is 0 Å². The van der Waals surface area contributed by atoms with Gasteiger partial charge in [-0.15, -0.1) is 0 Å². The normalized spacial score (nSPS) is 23.3. The average molecular weight is 320 g/mol. The number of nitrogens with one attached hydrogen (secondary N) is 2. The van der Waals surface area contributed by atoms with Crippen molar-refractivity contribution in [1.82, 2.24) is 25.4 Å². The number of rotatable bonds is 4. The summed E-state index contributed by atoms with van der Waals surface area (Å²) < 4.78 is 2.02. The van der Waals surface area contributed by atoms with Crippen molar-refractivity contribution >= 4 is 5.96 Å². The average Bonchev–Trinajstić information content (AvgIpc) is 2.93. The number of aromatic nitrogens is 3. The van der Waals surface area contributed by atoms with Crippen LogP contribution in [-0.4, -0.2) is 51.1 Å². The summed E-state index contributed by atoms with van der Waals surface area (Å²) in [7, 11) is 1.76. The molecule has 23 heavy (non-hydrogen) atoms. The topological polar surface area (TPSA) is 87.4 Å². The van der Waals surface area contributed by atoms with Gasteiger partial charge < -0.3 is 15.7 Å². The van der Waals surface area contributed by atoms with E-state index < -0.39 is 5.60 Å². The van der Waals surface area contributed by atoms with Crippen LogP contribution in [0.2, 0.25) is 0 Å². The summed E-state index contributed by atoms with van der Waals surface area (Å²) in [4.78, 5) is 8.89. The van der Waals surface area contributed by atoms with Gasteiger partial charge in [-0.2, -0.15) is 5.10 Å². The van der Waals surface area contributed by atoms with Gasteiger partial charge in [0, 0.05) is 32.0 Å². The Morgan fingerprint density at radius 1 is 1.48 bits per heavy atom. The van der Waals surface area contributed by atoms with Crippen molar-refractivity contribution in [2.24, 2.45) is 4.99 Å². The molecular formula is C16H28N6O. The molecule has 3 N–H and O–H groups in total. The number of hydrogen-bond donors (Lipinski definition) is 3. The first-order valence-electron chi connectivity index (χ1n) is 8.62. The van der Waals surface area contributed by atoms with Gasteiger partial charge in [0.25, 0.3) is 0 Å². The maximum Gasteiger partial charge on any atom is 0.191 e. The lowest BCUT2D eigenvalue weighted by atomic mass is 9.80. The van der Waals surface area contributed by atoms with Crippen molar-refractivity contribution < 1.29 is 5.11 Å². The molecule has 0 amide bonds. The Labute approximate surface area is 137 Å². The molecule has 1 aliphatic carbocycles. The molecule has 1 aromatic rings. The molecule has 128 valence electrons. The lowest BCUT2D eigenvalue weighted by molar-refractivity contribution is -0.0279. The highest BCUT2D eigenvalue weighted by molar-refractivity contribution is 5.80. The Balaban J connectivity index is 1.55. The van der Waals surface area contributed by atoms with Crippen molar-refractivity contribution in [2.45, 2.75) is 70.1 Å². The van der Waals surface area contributed by atoms with Crippen LogP contribution in [0.25, 0.3) is 0 Å². The van der Waals surface area contributed by atoms with Gasteiger partial charge in [0.15, 0.2) is 11.8 Å². The molecule has 3 rings (SSSR count). The number of aryl methyl sites for hydroxylation is 1. The molecule has 0 spiro atoms. The molecular weight excluding hydrogens is 292 g/mol. The van der Waals surface area contributed by atoms with E-state index in [9.17, 15) is 5.11 Å². The monoisotopic (exact) mass is 320 g/mol. The van der Waals surface area contributed by atoms with Crippen LogP contribution < -0.4 is 10.6 Å². The first-order valence-corrected chi connectivity index (χ1v) is 8.62. The van der Waals surface area contributed by atoms with Gasteiger partial charge in [0.05, 0.1) is 12.1 Å². The van der Waals surface area contributed by atoms with Crippen LogP contribution in [0.5, 0.6) is 0 Å². The largest absolute Gasteiger partial charge is 0.388 e. The zero-order valence-corrected chi connectivity index (χ0v) is 14.3. The highest BCUT2D eigenvalue weighted by Crippen LogP contribution is 2.30. The van der Waals surface area contributed by atoms with Gasteiger partial charge in [-0.3, -0.25) is 4.99 Å². The van der Waals surface area contributed by atoms with Crippen LogP contribution in [-0.2, 0) is 13.0 Å². The fourth-order valence-corrected chi connectivity index (χ4v) is 3.09. The lowest BCUT2D eigenvalue weighted by Gasteiger charge is -2.37. The molecule has 2 aliphatic rings. The second kappa shape index (κ2) is 6.47. The fraction of sp³-hybridized carbons (Fsp3) is 0.812. The van der Waals surface area contributed by atoms with Gasteiger partial charge in [-0.1, -0.05) is 13.8 Å². The molecule has 1 aliphatic heterocycles. The molecule has 0 bridgehead atoms. The predicted molar refractivity (Wildman–Crippen MR) is 89.5 cm³/mol. The fourth-order valence-electron chi connectivity index (χ4n) is 3.09. The minimum absolute atomic E-state index is 0.284. The van der Waals surface area contributed by atoms with Crippen molar-refractivity contribution in [3.05, 3.63) is 11.6 Å². The SMILES string of the molecule is CN=C(NCC1(O)CCC1)NC1CCc2nc(C(C)C)nn2C1. The summed E-state index contributed by atoms with van der Waals surface area (Å²) in [6.07, 6.45) is 4.81. The van der Waals surface area contributed by atoms with Crippen molar-refractivity contribution in [3.63, 3.8) is 0 Å². The zero-order valence-electron chi connectivity index (χ0n) is 14.3. The minimum Gasteiger partial charge on any atom is -0.388 e. The highest BCUT2D eigenvalue weighted by Gasteiger charge is 2.34. The summed E-state index contributed by atoms with van der Waals surface area (Å²) >= 11 is 0. The van der Waals surface area contributed by atoms with E-state index in [1.54, 1.807) is 7.05 Å². The number of hydrogen-bond acceptors (Lipinski definition) is 4. The molecule has 0 aromatic carbocycles. The highest BCUT2D eigenvalue weighted by atomic mass is 16.3. The van der Waals surface area contributed by atoms with Crippen molar-refractivity contribution in [1.29, 1.82) is 0 Å². The Kier molecular flexibility index (Phi) is 4.57. The van der Waals surface area contributed by atoms with E-state index in [-0.39, 0.29) is 6.04 Å². The quantitative estimate of drug-likeness (QED) is 0.564. The van der Waals surface area contributed by atoms with Crippen LogP contribution in [0.1, 0.15) is 57.1 Å². The molecule has 1 saturated carbocycles. The van der Waals surface area contributed by atoms with Gasteiger partial charge in [0.1, 0.15) is 5.82 Å². The maximum atomic E-state index is 10.2. The third-order valence-corrected chi connectivity index (χ3v) is 4.82. The predicted octanol–water partition coefficient (Wildman–Crippen LogP) is 0.796. The van der Waals surface area contributed by atoms with Gasteiger partial charge in [0.2, 0.25) is 0 Å². The molecule has 1 aromatic heterocycles. The smallest absolute Gasteiger partial charge is 0.191 e. The van der Waals surface area contributed by atoms with Crippen LogP contribution in [0.3, 0.4) is 0 Å². The van der Waals surface area contributed by atoms with E-state index in [4.69, 9.17) is 0 Å². The lowest BCUT2D eigenvalue weighted by Crippen LogP contribution is -2.53. The Morgan fingerprint density at radius 3 is 2.87 bits per heavy atom. The van der Waals surface area contributed by atoms with Crippen LogP contribution in [0, 0.1) is 0 Å². The van der Waals surface area contributed by atoms with E-state index in [2.05, 4.69) is 39.6 Å².